The maximum Gasteiger partial charge on any atom is 0.472 e. The highest BCUT2D eigenvalue weighted by molar-refractivity contribution is 7.47. The van der Waals surface area contributed by atoms with Gasteiger partial charge in [0.1, 0.15) is 19.3 Å². The Bertz CT molecular complexity index is 1770. The second-order valence-electron chi connectivity index (χ2n) is 26.8. The van der Waals surface area contributed by atoms with Gasteiger partial charge in [0, 0.05) is 25.7 Å². The van der Waals surface area contributed by atoms with Gasteiger partial charge in [-0.15, -0.1) is 0 Å². The van der Waals surface area contributed by atoms with Crippen LogP contribution in [0.5, 0.6) is 0 Å². The number of esters is 4. The molecule has 0 bridgehead atoms. The van der Waals surface area contributed by atoms with Gasteiger partial charge in [0.25, 0.3) is 0 Å². The molecule has 0 fully saturated rings. The van der Waals surface area contributed by atoms with Crippen molar-refractivity contribution < 1.29 is 80.2 Å². The first-order valence-electron chi connectivity index (χ1n) is 36.9. The zero-order valence-electron chi connectivity index (χ0n) is 58.6. The highest BCUT2D eigenvalue weighted by atomic mass is 31.2. The molecule has 6 atom stereocenters. The highest BCUT2D eigenvalue weighted by Crippen LogP contribution is 2.45. The number of ether oxygens (including phenoxy) is 4. The molecule has 0 aliphatic carbocycles. The number of hydrogen-bond acceptors (Lipinski definition) is 15. The zero-order valence-corrected chi connectivity index (χ0v) is 60.4. The molecule has 0 aliphatic rings. The van der Waals surface area contributed by atoms with Gasteiger partial charge in [-0.2, -0.15) is 0 Å². The Kier molecular flexibility index (Phi) is 60.6. The average Bonchev–Trinajstić information content (AvgIpc) is 3.64. The van der Waals surface area contributed by atoms with Gasteiger partial charge < -0.3 is 33.8 Å². The number of phosphoric acid groups is 2. The van der Waals surface area contributed by atoms with Gasteiger partial charge in [0.2, 0.25) is 0 Å². The largest absolute Gasteiger partial charge is 0.472 e. The fraction of sp³-hybridized carbons (Fsp3) is 0.944. The fourth-order valence-electron chi connectivity index (χ4n) is 10.7. The molecule has 0 saturated heterocycles. The fourth-order valence-corrected chi connectivity index (χ4v) is 12.3. The van der Waals surface area contributed by atoms with Gasteiger partial charge in [-0.25, -0.2) is 9.13 Å². The Morgan fingerprint density at radius 3 is 0.844 bits per heavy atom. The summed E-state index contributed by atoms with van der Waals surface area (Å²) in [6.45, 7) is 11.7. The van der Waals surface area contributed by atoms with E-state index >= 15 is 0 Å². The minimum absolute atomic E-state index is 0.102. The number of unbranched alkanes of at least 4 members (excludes halogenated alkanes) is 36. The molecule has 0 aromatic carbocycles. The van der Waals surface area contributed by atoms with Crippen molar-refractivity contribution in [3.63, 3.8) is 0 Å². The second kappa shape index (κ2) is 61.9. The summed E-state index contributed by atoms with van der Waals surface area (Å²) >= 11 is 0. The van der Waals surface area contributed by atoms with Gasteiger partial charge in [-0.05, 0) is 43.4 Å². The van der Waals surface area contributed by atoms with Crippen LogP contribution in [0.3, 0.4) is 0 Å². The Balaban J connectivity index is 5.23. The van der Waals surface area contributed by atoms with Crippen molar-refractivity contribution in [1.29, 1.82) is 0 Å². The van der Waals surface area contributed by atoms with E-state index in [0.29, 0.717) is 31.6 Å². The summed E-state index contributed by atoms with van der Waals surface area (Å²) < 4.78 is 68.3. The quantitative estimate of drug-likeness (QED) is 0.0222. The first kappa shape index (κ1) is 88.1. The minimum Gasteiger partial charge on any atom is -0.462 e. The number of rotatable bonds is 69. The van der Waals surface area contributed by atoms with E-state index in [0.717, 1.165) is 108 Å². The van der Waals surface area contributed by atoms with Gasteiger partial charge in [-0.3, -0.25) is 37.3 Å². The summed E-state index contributed by atoms with van der Waals surface area (Å²) in [5.74, 6) is 0.0660. The lowest BCUT2D eigenvalue weighted by Gasteiger charge is -2.21. The summed E-state index contributed by atoms with van der Waals surface area (Å²) in [5, 5.41) is 10.6. The van der Waals surface area contributed by atoms with Crippen LogP contribution in [0, 0.1) is 17.8 Å². The lowest BCUT2D eigenvalue weighted by atomic mass is 10.00. The Hall–Kier alpha value is -1.94. The molecule has 90 heavy (non-hydrogen) atoms. The van der Waals surface area contributed by atoms with E-state index in [-0.39, 0.29) is 25.7 Å². The third kappa shape index (κ3) is 63.5. The van der Waals surface area contributed by atoms with Crippen LogP contribution < -0.4 is 0 Å². The molecular formula is C71H138O17P2. The predicted octanol–water partition coefficient (Wildman–Crippen LogP) is 20.2. The molecule has 0 heterocycles. The standard InChI is InChI=1S/C71H138O17P2/c1-8-10-11-12-13-14-15-16-20-23-26-29-38-45-52-68(73)81-58-66(87-70(75)54-47-40-30-27-24-21-18-17-19-22-25-28-35-42-49-62(3)4)60-85-89(77,78)83-56-65(72)57-84-90(79,80)86-61-67(59-82-69(74)53-46-39-33-31-36-43-50-63(5)6)88-71(76)55-48-41-34-32-37-44-51-64(7)9-2/h62-67,72H,8-61H2,1-7H3,(H,77,78)(H,79,80)/t64?,65-,66-,67-/m1/s1. The van der Waals surface area contributed by atoms with Gasteiger partial charge in [-0.1, -0.05) is 305 Å². The topological polar surface area (TPSA) is 237 Å². The van der Waals surface area contributed by atoms with Crippen molar-refractivity contribution in [2.75, 3.05) is 39.6 Å². The van der Waals surface area contributed by atoms with Crippen LogP contribution in [0.1, 0.15) is 357 Å². The van der Waals surface area contributed by atoms with Gasteiger partial charge in [0.15, 0.2) is 12.2 Å². The van der Waals surface area contributed by atoms with E-state index in [9.17, 15) is 43.2 Å². The normalized spacial score (nSPS) is 14.5. The SMILES string of the molecule is CCCCCCCCCCCCCCCCC(=O)OC[C@H](COP(=O)(O)OC[C@@H](O)COP(=O)(O)OC[C@@H](COC(=O)CCCCCCCCC(C)C)OC(=O)CCCCCCCCC(C)CC)OC(=O)CCCCCCCCCCCCCCCCC(C)C. The average molecular weight is 1330 g/mol. The first-order chi connectivity index (χ1) is 43.3. The van der Waals surface area contributed by atoms with Gasteiger partial charge >= 0.3 is 39.5 Å². The van der Waals surface area contributed by atoms with Crippen LogP contribution in [-0.4, -0.2) is 96.7 Å². The molecule has 0 amide bonds. The monoisotopic (exact) mass is 1320 g/mol. The van der Waals surface area contributed by atoms with Crippen molar-refractivity contribution in [2.24, 2.45) is 17.8 Å². The van der Waals surface area contributed by atoms with Crippen LogP contribution in [0.4, 0.5) is 0 Å². The van der Waals surface area contributed by atoms with E-state index < -0.39 is 97.5 Å². The van der Waals surface area contributed by atoms with Crippen LogP contribution in [0.25, 0.3) is 0 Å². The Labute approximate surface area is 549 Å². The molecule has 0 aliphatic heterocycles. The molecule has 534 valence electrons. The molecule has 19 heteroatoms. The molecule has 0 aromatic rings. The summed E-state index contributed by atoms with van der Waals surface area (Å²) in [4.78, 5) is 72.5. The second-order valence-corrected chi connectivity index (χ2v) is 29.7. The maximum atomic E-state index is 13.0. The van der Waals surface area contributed by atoms with Crippen molar-refractivity contribution in [1.82, 2.24) is 0 Å². The highest BCUT2D eigenvalue weighted by Gasteiger charge is 2.30. The summed E-state index contributed by atoms with van der Waals surface area (Å²) in [6, 6.07) is 0. The van der Waals surface area contributed by atoms with Crippen molar-refractivity contribution in [3.8, 4) is 0 Å². The molecule has 0 rings (SSSR count). The predicted molar refractivity (Wildman–Crippen MR) is 363 cm³/mol. The molecule has 0 saturated carbocycles. The smallest absolute Gasteiger partial charge is 0.462 e. The molecule has 17 nitrogen and oxygen atoms in total. The maximum absolute atomic E-state index is 13.0. The van der Waals surface area contributed by atoms with Crippen molar-refractivity contribution in [3.05, 3.63) is 0 Å². The van der Waals surface area contributed by atoms with Crippen molar-refractivity contribution >= 4 is 39.5 Å². The molecular weight excluding hydrogens is 1190 g/mol. The van der Waals surface area contributed by atoms with E-state index in [4.69, 9.17) is 37.0 Å². The van der Waals surface area contributed by atoms with E-state index in [1.165, 1.54) is 161 Å². The number of hydrogen-bond donors (Lipinski definition) is 3. The van der Waals surface area contributed by atoms with E-state index in [1.807, 2.05) is 0 Å². The first-order valence-corrected chi connectivity index (χ1v) is 39.9. The van der Waals surface area contributed by atoms with E-state index in [1.54, 1.807) is 0 Å². The number of carbonyl (C=O) groups excluding carboxylic acids is 4. The number of aliphatic hydroxyl groups excluding tert-OH is 1. The van der Waals surface area contributed by atoms with Crippen molar-refractivity contribution in [2.45, 2.75) is 375 Å². The van der Waals surface area contributed by atoms with E-state index in [2.05, 4.69) is 48.5 Å². The van der Waals surface area contributed by atoms with Crippen LogP contribution in [0.2, 0.25) is 0 Å². The third-order valence-corrected chi connectivity index (χ3v) is 18.6. The zero-order chi connectivity index (χ0) is 66.6. The molecule has 0 aromatic heterocycles. The minimum atomic E-state index is -4.95. The molecule has 0 radical (unpaired) electrons. The van der Waals surface area contributed by atoms with Crippen LogP contribution >= 0.6 is 15.6 Å². The number of carbonyl (C=O) groups is 4. The Morgan fingerprint density at radius 2 is 0.567 bits per heavy atom. The summed E-state index contributed by atoms with van der Waals surface area (Å²) in [7, 11) is -9.90. The molecule has 3 unspecified atom stereocenters. The summed E-state index contributed by atoms with van der Waals surface area (Å²) in [5.41, 5.74) is 0. The Morgan fingerprint density at radius 1 is 0.322 bits per heavy atom. The summed E-state index contributed by atoms with van der Waals surface area (Å²) in [6.07, 6.45) is 46.0. The lowest BCUT2D eigenvalue weighted by Crippen LogP contribution is -2.30. The van der Waals surface area contributed by atoms with Crippen LogP contribution in [-0.2, 0) is 65.4 Å². The lowest BCUT2D eigenvalue weighted by molar-refractivity contribution is -0.161. The van der Waals surface area contributed by atoms with Crippen LogP contribution in [0.15, 0.2) is 0 Å². The molecule has 0 spiro atoms. The third-order valence-electron chi connectivity index (χ3n) is 16.7. The van der Waals surface area contributed by atoms with Gasteiger partial charge in [0.05, 0.1) is 26.4 Å². The number of phosphoric ester groups is 2. The molecule has 3 N–H and O–H groups in total. The number of aliphatic hydroxyl groups is 1.